The molecule has 2 aromatic rings. The fourth-order valence-electron chi connectivity index (χ4n) is 3.90. The third-order valence-electron chi connectivity index (χ3n) is 5.38. The van der Waals surface area contributed by atoms with Crippen LogP contribution in [0, 0.1) is 6.92 Å². The van der Waals surface area contributed by atoms with Gasteiger partial charge >= 0.3 is 6.03 Å². The maximum Gasteiger partial charge on any atom is 0.325 e. The normalized spacial score (nSPS) is 20.9. The molecule has 1 aliphatic carbocycles. The van der Waals surface area contributed by atoms with Gasteiger partial charge in [-0.15, -0.1) is 0 Å². The Morgan fingerprint density at radius 3 is 2.71 bits per heavy atom. The molecule has 1 unspecified atom stereocenters. The van der Waals surface area contributed by atoms with Crippen molar-refractivity contribution in [1.29, 1.82) is 0 Å². The number of fused-ring (bicyclic) bond motifs is 1. The number of hydrogen-bond donors (Lipinski definition) is 2. The molecule has 2 N–H and O–H groups in total. The zero-order valence-electron chi connectivity index (χ0n) is 15.4. The Morgan fingerprint density at radius 2 is 1.96 bits per heavy atom. The lowest BCUT2D eigenvalue weighted by atomic mass is 9.78. The largest absolute Gasteiger partial charge is 0.325 e. The van der Waals surface area contributed by atoms with Gasteiger partial charge in [-0.2, -0.15) is 0 Å². The summed E-state index contributed by atoms with van der Waals surface area (Å²) >= 11 is 6.14. The molecule has 0 aromatic heterocycles. The number of aryl methyl sites for hydroxylation is 2. The van der Waals surface area contributed by atoms with Crippen LogP contribution < -0.4 is 10.6 Å². The molecule has 1 fully saturated rings. The van der Waals surface area contributed by atoms with Gasteiger partial charge in [0.1, 0.15) is 12.1 Å². The molecule has 1 heterocycles. The number of urea groups is 1. The highest BCUT2D eigenvalue weighted by Gasteiger charge is 2.52. The van der Waals surface area contributed by atoms with E-state index in [1.807, 2.05) is 37.3 Å². The van der Waals surface area contributed by atoms with Gasteiger partial charge in [-0.1, -0.05) is 41.9 Å². The summed E-state index contributed by atoms with van der Waals surface area (Å²) in [6.45, 7) is 1.55. The van der Waals surface area contributed by atoms with Crippen LogP contribution in [0.3, 0.4) is 0 Å². The number of rotatable bonds is 3. The predicted molar refractivity (Wildman–Crippen MR) is 106 cm³/mol. The number of carbonyl (C=O) groups is 3. The summed E-state index contributed by atoms with van der Waals surface area (Å²) in [4.78, 5) is 38.9. The van der Waals surface area contributed by atoms with E-state index in [1.54, 1.807) is 12.1 Å². The summed E-state index contributed by atoms with van der Waals surface area (Å²) in [5, 5.41) is 5.91. The quantitative estimate of drug-likeness (QED) is 0.781. The standard InChI is InChI=1S/C21H20ClN3O3/c1-13-6-7-17(16(22)10-13)23-18(26)12-25-19(27)21(24-20(25)28)9-8-14-4-2-3-5-15(14)11-21/h2-7,10H,8-9,11-12H2,1H3,(H,23,26)(H,24,28). The lowest BCUT2D eigenvalue weighted by Crippen LogP contribution is -2.51. The summed E-state index contributed by atoms with van der Waals surface area (Å²) in [6.07, 6.45) is 1.67. The van der Waals surface area contributed by atoms with Crippen molar-refractivity contribution in [3.05, 3.63) is 64.2 Å². The van der Waals surface area contributed by atoms with Crippen LogP contribution in [0.1, 0.15) is 23.1 Å². The number of imide groups is 1. The van der Waals surface area contributed by atoms with Gasteiger partial charge in [-0.05, 0) is 48.6 Å². The van der Waals surface area contributed by atoms with Crippen LogP contribution in [-0.4, -0.2) is 34.8 Å². The van der Waals surface area contributed by atoms with Crippen molar-refractivity contribution in [2.45, 2.75) is 31.7 Å². The summed E-state index contributed by atoms with van der Waals surface area (Å²) in [5.41, 5.74) is 2.70. The van der Waals surface area contributed by atoms with Crippen molar-refractivity contribution in [3.8, 4) is 0 Å². The third kappa shape index (κ3) is 3.24. The first-order valence-electron chi connectivity index (χ1n) is 9.15. The van der Waals surface area contributed by atoms with Crippen LogP contribution in [0.15, 0.2) is 42.5 Å². The van der Waals surface area contributed by atoms with E-state index >= 15 is 0 Å². The van der Waals surface area contributed by atoms with Crippen molar-refractivity contribution in [3.63, 3.8) is 0 Å². The highest BCUT2D eigenvalue weighted by molar-refractivity contribution is 6.33. The molecular weight excluding hydrogens is 378 g/mol. The Bertz CT molecular complexity index is 991. The molecule has 0 radical (unpaired) electrons. The molecule has 1 spiro atoms. The Labute approximate surface area is 167 Å². The average molecular weight is 398 g/mol. The first kappa shape index (κ1) is 18.5. The van der Waals surface area contributed by atoms with E-state index in [0.29, 0.717) is 30.0 Å². The number of hydrogen-bond acceptors (Lipinski definition) is 3. The number of amides is 4. The summed E-state index contributed by atoms with van der Waals surface area (Å²) in [5.74, 6) is -0.820. The van der Waals surface area contributed by atoms with E-state index in [1.165, 1.54) is 5.56 Å². The zero-order valence-corrected chi connectivity index (χ0v) is 16.2. The number of nitrogens with zero attached hydrogens (tertiary/aromatic N) is 1. The number of benzene rings is 2. The Morgan fingerprint density at radius 1 is 1.21 bits per heavy atom. The van der Waals surface area contributed by atoms with Gasteiger partial charge in [0.25, 0.3) is 5.91 Å². The molecule has 0 bridgehead atoms. The van der Waals surface area contributed by atoms with Crippen molar-refractivity contribution in [1.82, 2.24) is 10.2 Å². The summed E-state index contributed by atoms with van der Waals surface area (Å²) < 4.78 is 0. The van der Waals surface area contributed by atoms with Gasteiger partial charge in [0.05, 0.1) is 10.7 Å². The molecule has 144 valence electrons. The zero-order chi connectivity index (χ0) is 19.9. The Hall–Kier alpha value is -2.86. The van der Waals surface area contributed by atoms with Gasteiger partial charge in [0, 0.05) is 6.42 Å². The predicted octanol–water partition coefficient (Wildman–Crippen LogP) is 3.07. The number of halogens is 1. The van der Waals surface area contributed by atoms with Gasteiger partial charge < -0.3 is 10.6 Å². The van der Waals surface area contributed by atoms with Crippen molar-refractivity contribution in [2.24, 2.45) is 0 Å². The second-order valence-electron chi connectivity index (χ2n) is 7.38. The minimum Gasteiger partial charge on any atom is -0.323 e. The molecule has 4 rings (SSSR count). The second-order valence-corrected chi connectivity index (χ2v) is 7.79. The fourth-order valence-corrected chi connectivity index (χ4v) is 4.18. The Balaban J connectivity index is 1.48. The second kappa shape index (κ2) is 6.95. The van der Waals surface area contributed by atoms with E-state index in [4.69, 9.17) is 11.6 Å². The van der Waals surface area contributed by atoms with Gasteiger partial charge in [0.2, 0.25) is 5.91 Å². The maximum absolute atomic E-state index is 13.0. The smallest absolute Gasteiger partial charge is 0.323 e. The average Bonchev–Trinajstić information content (AvgIpc) is 2.88. The van der Waals surface area contributed by atoms with Crippen LogP contribution in [0.2, 0.25) is 5.02 Å². The van der Waals surface area contributed by atoms with Gasteiger partial charge in [-0.3, -0.25) is 14.5 Å². The topological polar surface area (TPSA) is 78.5 Å². The van der Waals surface area contributed by atoms with Gasteiger partial charge in [0.15, 0.2) is 0 Å². The van der Waals surface area contributed by atoms with E-state index in [0.717, 1.165) is 16.0 Å². The molecule has 1 atom stereocenters. The van der Waals surface area contributed by atoms with E-state index in [2.05, 4.69) is 10.6 Å². The maximum atomic E-state index is 13.0. The molecule has 28 heavy (non-hydrogen) atoms. The molecule has 2 aliphatic rings. The fraction of sp³-hybridized carbons (Fsp3) is 0.286. The molecule has 0 saturated carbocycles. The number of nitrogens with one attached hydrogen (secondary N) is 2. The minimum absolute atomic E-state index is 0.349. The molecule has 1 saturated heterocycles. The highest BCUT2D eigenvalue weighted by atomic mass is 35.5. The SMILES string of the molecule is Cc1ccc(NC(=O)CN2C(=O)NC3(CCc4ccccc4C3)C2=O)c(Cl)c1. The third-order valence-corrected chi connectivity index (χ3v) is 5.69. The van der Waals surface area contributed by atoms with Crippen LogP contribution in [-0.2, 0) is 22.4 Å². The Kier molecular flexibility index (Phi) is 4.59. The lowest BCUT2D eigenvalue weighted by molar-refractivity contribution is -0.134. The van der Waals surface area contributed by atoms with Crippen molar-refractivity contribution in [2.75, 3.05) is 11.9 Å². The molecular formula is C21H20ClN3O3. The van der Waals surface area contributed by atoms with Crippen LogP contribution in [0.25, 0.3) is 0 Å². The summed E-state index contributed by atoms with van der Waals surface area (Å²) in [7, 11) is 0. The van der Waals surface area contributed by atoms with Crippen molar-refractivity contribution >= 4 is 35.1 Å². The van der Waals surface area contributed by atoms with Gasteiger partial charge in [-0.25, -0.2) is 4.79 Å². The molecule has 4 amide bonds. The highest BCUT2D eigenvalue weighted by Crippen LogP contribution is 2.33. The molecule has 7 heteroatoms. The monoisotopic (exact) mass is 397 g/mol. The van der Waals surface area contributed by atoms with Crippen molar-refractivity contribution < 1.29 is 14.4 Å². The number of anilines is 1. The van der Waals surface area contributed by atoms with Crippen LogP contribution >= 0.6 is 11.6 Å². The first-order valence-corrected chi connectivity index (χ1v) is 9.53. The lowest BCUT2D eigenvalue weighted by Gasteiger charge is -2.32. The number of carbonyl (C=O) groups excluding carboxylic acids is 3. The first-order chi connectivity index (χ1) is 13.4. The van der Waals surface area contributed by atoms with Crippen LogP contribution in [0.5, 0.6) is 0 Å². The molecule has 1 aliphatic heterocycles. The molecule has 2 aromatic carbocycles. The summed E-state index contributed by atoms with van der Waals surface area (Å²) in [6, 6.07) is 12.6. The van der Waals surface area contributed by atoms with Crippen LogP contribution in [0.4, 0.5) is 10.5 Å². The van der Waals surface area contributed by atoms with E-state index in [-0.39, 0.29) is 12.5 Å². The molecule has 6 nitrogen and oxygen atoms in total. The minimum atomic E-state index is -0.965. The van der Waals surface area contributed by atoms with E-state index in [9.17, 15) is 14.4 Å². The van der Waals surface area contributed by atoms with E-state index < -0.39 is 17.5 Å².